The van der Waals surface area contributed by atoms with E-state index in [-0.39, 0.29) is 10.8 Å². The minimum absolute atomic E-state index is 0.125. The molecule has 0 aliphatic heterocycles. The Kier molecular flexibility index (Phi) is 6.60. The Morgan fingerprint density at radius 1 is 1.08 bits per heavy atom. The molecule has 26 heavy (non-hydrogen) atoms. The van der Waals surface area contributed by atoms with Gasteiger partial charge in [0, 0.05) is 23.1 Å². The van der Waals surface area contributed by atoms with E-state index in [1.54, 1.807) is 32.9 Å². The molecule has 2 aromatic rings. The summed E-state index contributed by atoms with van der Waals surface area (Å²) in [7, 11) is -3.62. The Morgan fingerprint density at radius 2 is 1.73 bits per heavy atom. The highest BCUT2D eigenvalue weighted by Gasteiger charge is 2.23. The summed E-state index contributed by atoms with van der Waals surface area (Å²) in [5.74, 6) is -0.344. The van der Waals surface area contributed by atoms with Gasteiger partial charge >= 0.3 is 0 Å². The first-order valence-corrected chi connectivity index (χ1v) is 10.6. The summed E-state index contributed by atoms with van der Waals surface area (Å²) < 4.78 is 27.6. The van der Waals surface area contributed by atoms with Crippen LogP contribution in [0.15, 0.2) is 45.8 Å². The molecule has 0 atom stereocenters. The quantitative estimate of drug-likeness (QED) is 0.728. The summed E-state index contributed by atoms with van der Waals surface area (Å²) in [6.45, 7) is 8.08. The zero-order chi connectivity index (χ0) is 19.5. The van der Waals surface area contributed by atoms with Crippen LogP contribution in [0, 0.1) is 13.8 Å². The molecule has 0 radical (unpaired) electrons. The minimum atomic E-state index is -3.62. The lowest BCUT2D eigenvalue weighted by Gasteiger charge is -2.19. The maximum Gasteiger partial charge on any atom is 0.256 e. The van der Waals surface area contributed by atoms with Gasteiger partial charge in [-0.1, -0.05) is 26.0 Å². The number of halogens is 1. The average Bonchev–Trinajstić information content (AvgIpc) is 2.58. The first-order chi connectivity index (χ1) is 12.2. The molecule has 0 aliphatic carbocycles. The third kappa shape index (κ3) is 4.34. The van der Waals surface area contributed by atoms with Crippen LogP contribution in [0.25, 0.3) is 0 Å². The third-order valence-electron chi connectivity index (χ3n) is 4.17. The van der Waals surface area contributed by atoms with Crippen molar-refractivity contribution in [3.63, 3.8) is 0 Å². The molecule has 2 rings (SSSR count). The van der Waals surface area contributed by atoms with Gasteiger partial charge in [-0.2, -0.15) is 4.31 Å². The van der Waals surface area contributed by atoms with Crippen molar-refractivity contribution in [2.75, 3.05) is 18.4 Å². The number of amides is 1. The lowest BCUT2D eigenvalue weighted by molar-refractivity contribution is 0.102. The standard InChI is InChI=1S/C19H23BrN2O3S/c1-5-22(6-2)26(24,25)15-9-8-14(4)16(12-15)19(23)21-18-10-7-13(3)11-17(18)20/h7-12H,5-6H2,1-4H3,(H,21,23). The monoisotopic (exact) mass is 438 g/mol. The van der Waals surface area contributed by atoms with Crippen molar-refractivity contribution in [2.45, 2.75) is 32.6 Å². The first-order valence-electron chi connectivity index (χ1n) is 8.39. The van der Waals surface area contributed by atoms with Crippen LogP contribution in [0.4, 0.5) is 5.69 Å². The molecule has 1 amide bonds. The van der Waals surface area contributed by atoms with Crippen molar-refractivity contribution in [3.05, 3.63) is 57.6 Å². The highest BCUT2D eigenvalue weighted by atomic mass is 79.9. The number of hydrogen-bond acceptors (Lipinski definition) is 3. The van der Waals surface area contributed by atoms with Gasteiger partial charge in [-0.15, -0.1) is 0 Å². The molecule has 140 valence electrons. The predicted octanol–water partition coefficient (Wildman–Crippen LogP) is 4.35. The molecule has 1 N–H and O–H groups in total. The molecule has 0 saturated carbocycles. The molecule has 0 fully saturated rings. The van der Waals surface area contributed by atoms with Gasteiger partial charge in [0.15, 0.2) is 0 Å². The number of benzene rings is 2. The van der Waals surface area contributed by atoms with Gasteiger partial charge < -0.3 is 5.32 Å². The molecule has 0 bridgehead atoms. The van der Waals surface area contributed by atoms with Crippen LogP contribution < -0.4 is 5.32 Å². The van der Waals surface area contributed by atoms with Crippen molar-refractivity contribution in [1.82, 2.24) is 4.31 Å². The Balaban J connectivity index is 2.39. The Hall–Kier alpha value is -1.70. The maximum absolute atomic E-state index is 12.7. The van der Waals surface area contributed by atoms with Crippen LogP contribution in [0.5, 0.6) is 0 Å². The smallest absolute Gasteiger partial charge is 0.256 e. The highest BCUT2D eigenvalue weighted by molar-refractivity contribution is 9.10. The fourth-order valence-electron chi connectivity index (χ4n) is 2.63. The summed E-state index contributed by atoms with van der Waals surface area (Å²) in [5, 5.41) is 2.84. The summed E-state index contributed by atoms with van der Waals surface area (Å²) in [5.41, 5.74) is 2.75. The van der Waals surface area contributed by atoms with E-state index in [1.165, 1.54) is 10.4 Å². The molecular formula is C19H23BrN2O3S. The van der Waals surface area contributed by atoms with Crippen molar-refractivity contribution < 1.29 is 13.2 Å². The number of carbonyl (C=O) groups is 1. The van der Waals surface area contributed by atoms with Gasteiger partial charge in [0.05, 0.1) is 10.6 Å². The zero-order valence-electron chi connectivity index (χ0n) is 15.3. The Labute approximate surface area is 163 Å². The Morgan fingerprint density at radius 3 is 2.31 bits per heavy atom. The lowest BCUT2D eigenvalue weighted by atomic mass is 10.1. The van der Waals surface area contributed by atoms with E-state index < -0.39 is 10.0 Å². The van der Waals surface area contributed by atoms with Crippen molar-refractivity contribution in [3.8, 4) is 0 Å². The molecule has 7 heteroatoms. The van der Waals surface area contributed by atoms with Crippen molar-refractivity contribution in [2.24, 2.45) is 0 Å². The number of hydrogen-bond donors (Lipinski definition) is 1. The van der Waals surface area contributed by atoms with E-state index in [0.717, 1.165) is 10.0 Å². The van der Waals surface area contributed by atoms with Gasteiger partial charge in [-0.25, -0.2) is 8.42 Å². The fourth-order valence-corrected chi connectivity index (χ4v) is 4.71. The van der Waals surface area contributed by atoms with E-state index in [4.69, 9.17) is 0 Å². The van der Waals surface area contributed by atoms with Gasteiger partial charge in [0.25, 0.3) is 5.91 Å². The number of rotatable bonds is 6. The third-order valence-corrected chi connectivity index (χ3v) is 6.87. The fraction of sp³-hybridized carbons (Fsp3) is 0.316. The molecule has 0 unspecified atom stereocenters. The number of aryl methyl sites for hydroxylation is 2. The second-order valence-corrected chi connectivity index (χ2v) is 8.80. The number of nitrogens with zero attached hydrogens (tertiary/aromatic N) is 1. The predicted molar refractivity (Wildman–Crippen MR) is 108 cm³/mol. The Bertz CT molecular complexity index is 922. The van der Waals surface area contributed by atoms with Gasteiger partial charge in [-0.05, 0) is 65.2 Å². The van der Waals surface area contributed by atoms with E-state index in [2.05, 4.69) is 21.2 Å². The first kappa shape index (κ1) is 20.6. The van der Waals surface area contributed by atoms with Gasteiger partial charge in [-0.3, -0.25) is 4.79 Å². The van der Waals surface area contributed by atoms with Crippen LogP contribution >= 0.6 is 15.9 Å². The molecular weight excluding hydrogens is 416 g/mol. The second kappa shape index (κ2) is 8.33. The molecule has 0 aliphatic rings. The minimum Gasteiger partial charge on any atom is -0.321 e. The van der Waals surface area contributed by atoms with Crippen LogP contribution in [-0.4, -0.2) is 31.7 Å². The normalized spacial score (nSPS) is 11.6. The molecule has 0 saturated heterocycles. The molecule has 5 nitrogen and oxygen atoms in total. The van der Waals surface area contributed by atoms with Crippen molar-refractivity contribution in [1.29, 1.82) is 0 Å². The van der Waals surface area contributed by atoms with Crippen LogP contribution in [0.1, 0.15) is 35.3 Å². The summed E-state index contributed by atoms with van der Waals surface area (Å²) in [6, 6.07) is 10.3. The highest BCUT2D eigenvalue weighted by Crippen LogP contribution is 2.25. The number of sulfonamides is 1. The summed E-state index contributed by atoms with van der Waals surface area (Å²) >= 11 is 3.43. The number of nitrogens with one attached hydrogen (secondary N) is 1. The van der Waals surface area contributed by atoms with Crippen LogP contribution in [0.2, 0.25) is 0 Å². The maximum atomic E-state index is 12.7. The topological polar surface area (TPSA) is 66.5 Å². The molecule has 0 heterocycles. The number of carbonyl (C=O) groups excluding carboxylic acids is 1. The molecule has 0 aromatic heterocycles. The van der Waals surface area contributed by atoms with E-state index in [0.29, 0.717) is 29.9 Å². The van der Waals surface area contributed by atoms with Gasteiger partial charge in [0.2, 0.25) is 10.0 Å². The summed E-state index contributed by atoms with van der Waals surface area (Å²) in [6.07, 6.45) is 0. The summed E-state index contributed by atoms with van der Waals surface area (Å²) in [4.78, 5) is 12.8. The van der Waals surface area contributed by atoms with Crippen LogP contribution in [0.3, 0.4) is 0 Å². The van der Waals surface area contributed by atoms with E-state index in [1.807, 2.05) is 25.1 Å². The largest absolute Gasteiger partial charge is 0.321 e. The van der Waals surface area contributed by atoms with E-state index >= 15 is 0 Å². The van der Waals surface area contributed by atoms with E-state index in [9.17, 15) is 13.2 Å². The molecule has 2 aromatic carbocycles. The molecule has 0 spiro atoms. The SMILES string of the molecule is CCN(CC)S(=O)(=O)c1ccc(C)c(C(=O)Nc2ccc(C)cc2Br)c1. The van der Waals surface area contributed by atoms with Crippen LogP contribution in [-0.2, 0) is 10.0 Å². The zero-order valence-corrected chi connectivity index (χ0v) is 17.7. The van der Waals surface area contributed by atoms with Crippen molar-refractivity contribution >= 4 is 37.5 Å². The average molecular weight is 439 g/mol. The van der Waals surface area contributed by atoms with Gasteiger partial charge in [0.1, 0.15) is 0 Å². The number of anilines is 1. The second-order valence-electron chi connectivity index (χ2n) is 6.00. The lowest BCUT2D eigenvalue weighted by Crippen LogP contribution is -2.30.